The van der Waals surface area contributed by atoms with E-state index in [0.717, 1.165) is 24.9 Å². The minimum absolute atomic E-state index is 0.0763. The second-order valence-corrected chi connectivity index (χ2v) is 10.4. The smallest absolute Gasteiger partial charge is 0.410 e. The number of pyridine rings is 1. The summed E-state index contributed by atoms with van der Waals surface area (Å²) in [7, 11) is 0. The van der Waals surface area contributed by atoms with Crippen LogP contribution in [0.25, 0.3) is 11.3 Å². The highest BCUT2D eigenvalue weighted by molar-refractivity contribution is 6.30. The van der Waals surface area contributed by atoms with Crippen LogP contribution in [0.2, 0.25) is 5.02 Å². The Morgan fingerprint density at radius 3 is 2.70 bits per heavy atom. The highest BCUT2D eigenvalue weighted by Crippen LogP contribution is 2.35. The molecule has 0 bridgehead atoms. The van der Waals surface area contributed by atoms with Gasteiger partial charge in [-0.05, 0) is 30.4 Å². The molecule has 3 aromatic rings. The topological polar surface area (TPSA) is 148 Å². The first-order valence-corrected chi connectivity index (χ1v) is 13.9. The van der Waals surface area contributed by atoms with Gasteiger partial charge in [-0.1, -0.05) is 61.2 Å². The predicted molar refractivity (Wildman–Crippen MR) is 154 cm³/mol. The van der Waals surface area contributed by atoms with Crippen molar-refractivity contribution in [1.29, 1.82) is 5.41 Å². The lowest BCUT2D eigenvalue weighted by atomic mass is 9.89. The second-order valence-electron chi connectivity index (χ2n) is 10.0. The van der Waals surface area contributed by atoms with E-state index in [9.17, 15) is 9.90 Å². The number of rotatable bonds is 8. The average Bonchev–Trinajstić information content (AvgIpc) is 2.97. The van der Waals surface area contributed by atoms with Crippen molar-refractivity contribution in [3.8, 4) is 11.3 Å². The largest absolute Gasteiger partial charge is 0.465 e. The number of hydrogen-bond acceptors (Lipinski definition) is 9. The Morgan fingerprint density at radius 1 is 1.15 bits per heavy atom. The number of ether oxygens (including phenoxy) is 1. The van der Waals surface area contributed by atoms with Gasteiger partial charge in [0.15, 0.2) is 17.5 Å². The van der Waals surface area contributed by atoms with Crippen LogP contribution in [0.5, 0.6) is 0 Å². The van der Waals surface area contributed by atoms with Crippen LogP contribution in [-0.2, 0) is 4.74 Å². The summed E-state index contributed by atoms with van der Waals surface area (Å²) in [6, 6.07) is 11.7. The molecule has 210 valence electrons. The molecule has 5 N–H and O–H groups in total. The number of halogens is 1. The Balaban J connectivity index is 1.58. The molecule has 0 unspecified atom stereocenters. The van der Waals surface area contributed by atoms with E-state index in [1.54, 1.807) is 12.3 Å². The number of morpholine rings is 1. The van der Waals surface area contributed by atoms with E-state index in [0.29, 0.717) is 53.5 Å². The summed E-state index contributed by atoms with van der Waals surface area (Å²) in [5.41, 5.74) is 6.29. The molecule has 1 aliphatic carbocycles. The number of nitrogens with zero attached hydrogens (tertiary/aromatic N) is 4. The molecule has 2 aliphatic rings. The molecule has 1 saturated heterocycles. The van der Waals surface area contributed by atoms with Gasteiger partial charge in [-0.15, -0.1) is 0 Å². The van der Waals surface area contributed by atoms with Crippen LogP contribution in [-0.4, -0.2) is 63.3 Å². The zero-order valence-corrected chi connectivity index (χ0v) is 22.8. The van der Waals surface area contributed by atoms with Crippen LogP contribution in [0.3, 0.4) is 0 Å². The van der Waals surface area contributed by atoms with Crippen LogP contribution in [0.1, 0.15) is 49.5 Å². The molecule has 0 spiro atoms. The van der Waals surface area contributed by atoms with Gasteiger partial charge in [-0.2, -0.15) is 0 Å². The average molecular weight is 565 g/mol. The van der Waals surface area contributed by atoms with E-state index in [1.165, 1.54) is 25.5 Å². The minimum atomic E-state index is -1.37. The summed E-state index contributed by atoms with van der Waals surface area (Å²) >= 11 is 6.30. The highest BCUT2D eigenvalue weighted by Gasteiger charge is 2.28. The van der Waals surface area contributed by atoms with Crippen LogP contribution >= 0.6 is 11.6 Å². The predicted octanol–water partition coefficient (Wildman–Crippen LogP) is 5.18. The molecule has 40 heavy (non-hydrogen) atoms. The van der Waals surface area contributed by atoms with Crippen molar-refractivity contribution < 1.29 is 14.6 Å². The molecular formula is C28H33ClN8O3. The Labute approximate surface area is 237 Å². The van der Waals surface area contributed by atoms with Crippen molar-refractivity contribution in [1.82, 2.24) is 25.3 Å². The first kappa shape index (κ1) is 27.8. The molecule has 0 radical (unpaired) electrons. The van der Waals surface area contributed by atoms with Crippen LogP contribution < -0.4 is 16.1 Å². The second kappa shape index (κ2) is 13.0. The Bertz CT molecular complexity index is 1340. The molecule has 11 nitrogen and oxygen atoms in total. The Kier molecular flexibility index (Phi) is 9.04. The summed E-state index contributed by atoms with van der Waals surface area (Å²) in [4.78, 5) is 24.9. The number of benzene rings is 1. The third-order valence-electron chi connectivity index (χ3n) is 7.20. The van der Waals surface area contributed by atoms with E-state index in [4.69, 9.17) is 21.7 Å². The molecule has 1 saturated carbocycles. The zero-order chi connectivity index (χ0) is 27.9. The Hall–Kier alpha value is -3.80. The molecule has 1 aliphatic heterocycles. The van der Waals surface area contributed by atoms with Crippen LogP contribution in [0.4, 0.5) is 16.3 Å². The molecule has 5 rings (SSSR count). The lowest BCUT2D eigenvalue weighted by Gasteiger charge is -2.36. The van der Waals surface area contributed by atoms with Gasteiger partial charge in [0.1, 0.15) is 11.4 Å². The number of nitrogens with one attached hydrogen (secondary N) is 4. The standard InChI is InChI=1S/C28H33ClN8O3/c29-21-13-20(15-31-16-21)23-24(32-14-18-7-3-1-4-8-18)26(35-27(33-23)25(30)34-28(38)39)36-37-11-12-40-17-22(37)19-9-5-2-6-10-19/h2,5-6,9-10,13,15-16,18,22,32H,1,3-4,7-8,11-12,14,17H2,(H2,30,34)(H,38,39)(H,33,35,36)/t22-/m0/s1. The van der Waals surface area contributed by atoms with E-state index >= 15 is 0 Å². The van der Waals surface area contributed by atoms with Gasteiger partial charge in [0.25, 0.3) is 0 Å². The van der Waals surface area contributed by atoms with Crippen LogP contribution in [0.15, 0.2) is 48.8 Å². The van der Waals surface area contributed by atoms with Crippen LogP contribution in [0, 0.1) is 11.3 Å². The van der Waals surface area contributed by atoms with Gasteiger partial charge >= 0.3 is 6.09 Å². The lowest BCUT2D eigenvalue weighted by Crippen LogP contribution is -2.43. The third-order valence-corrected chi connectivity index (χ3v) is 7.40. The van der Waals surface area contributed by atoms with Crippen molar-refractivity contribution >= 4 is 35.0 Å². The molecule has 3 heterocycles. The van der Waals surface area contributed by atoms with Crippen molar-refractivity contribution in [2.45, 2.75) is 38.1 Å². The number of amides is 1. The van der Waals surface area contributed by atoms with Gasteiger partial charge in [0.05, 0.1) is 24.3 Å². The first-order valence-electron chi connectivity index (χ1n) is 13.5. The van der Waals surface area contributed by atoms with Crippen molar-refractivity contribution in [2.75, 3.05) is 37.0 Å². The molecule has 1 aromatic carbocycles. The summed E-state index contributed by atoms with van der Waals surface area (Å²) in [5, 5.41) is 25.8. The van der Waals surface area contributed by atoms with E-state index in [-0.39, 0.29) is 11.9 Å². The van der Waals surface area contributed by atoms with Crippen molar-refractivity contribution in [2.24, 2.45) is 5.92 Å². The molecule has 2 aromatic heterocycles. The SMILES string of the molecule is N=C(NC(=O)O)c1nc(NN2CCOC[C@H]2c2ccccc2)c(NCC2CCCCC2)c(-c2cncc(Cl)c2)n1. The maximum Gasteiger partial charge on any atom is 0.410 e. The first-order chi connectivity index (χ1) is 19.5. The maximum absolute atomic E-state index is 11.3. The van der Waals surface area contributed by atoms with Gasteiger partial charge in [0.2, 0.25) is 0 Å². The summed E-state index contributed by atoms with van der Waals surface area (Å²) in [6.07, 6.45) is 7.79. The summed E-state index contributed by atoms with van der Waals surface area (Å²) < 4.78 is 5.81. The number of hydrogen-bond donors (Lipinski definition) is 5. The summed E-state index contributed by atoms with van der Waals surface area (Å²) in [5.74, 6) is 0.425. The molecule has 2 fully saturated rings. The molecular weight excluding hydrogens is 532 g/mol. The fraction of sp³-hybridized carbons (Fsp3) is 0.393. The van der Waals surface area contributed by atoms with Gasteiger partial charge < -0.3 is 20.6 Å². The highest BCUT2D eigenvalue weighted by atomic mass is 35.5. The van der Waals surface area contributed by atoms with Gasteiger partial charge in [0, 0.05) is 31.0 Å². The zero-order valence-electron chi connectivity index (χ0n) is 22.1. The fourth-order valence-corrected chi connectivity index (χ4v) is 5.37. The third kappa shape index (κ3) is 6.85. The van der Waals surface area contributed by atoms with E-state index < -0.39 is 11.9 Å². The monoisotopic (exact) mass is 564 g/mol. The van der Waals surface area contributed by atoms with Gasteiger partial charge in [-0.25, -0.2) is 19.8 Å². The van der Waals surface area contributed by atoms with Gasteiger partial charge in [-0.3, -0.25) is 15.7 Å². The van der Waals surface area contributed by atoms with Crippen molar-refractivity contribution in [3.05, 3.63) is 65.2 Å². The number of amidine groups is 1. The number of aromatic nitrogens is 3. The maximum atomic E-state index is 11.3. The van der Waals surface area contributed by atoms with Crippen molar-refractivity contribution in [3.63, 3.8) is 0 Å². The molecule has 1 atom stereocenters. The Morgan fingerprint density at radius 2 is 1.95 bits per heavy atom. The quantitative estimate of drug-likeness (QED) is 0.184. The number of carbonyl (C=O) groups is 1. The number of hydrazine groups is 1. The fourth-order valence-electron chi connectivity index (χ4n) is 5.20. The number of carboxylic acid groups (broad SMARTS) is 1. The van der Waals surface area contributed by atoms with E-state index in [2.05, 4.69) is 48.2 Å². The summed E-state index contributed by atoms with van der Waals surface area (Å²) in [6.45, 7) is 2.33. The minimum Gasteiger partial charge on any atom is -0.465 e. The lowest BCUT2D eigenvalue weighted by molar-refractivity contribution is 0.00424. The normalized spacial score (nSPS) is 18.2. The molecule has 12 heteroatoms. The molecule has 1 amide bonds. The van der Waals surface area contributed by atoms with E-state index in [1.807, 2.05) is 18.2 Å². The number of anilines is 2.